The van der Waals surface area contributed by atoms with Crippen LogP contribution in [0.25, 0.3) is 10.6 Å². The first-order chi connectivity index (χ1) is 9.72. The number of benzene rings is 1. The standard InChI is InChI=1S/C15H19N3OS/c1-11-13(14(19)17-10-6-9-16-2)20-15(18-11)12-7-4-3-5-8-12/h3-5,7-8,16H,6,9-10H2,1-2H3,(H,17,19). The summed E-state index contributed by atoms with van der Waals surface area (Å²) in [6.07, 6.45) is 0.922. The third-order valence-corrected chi connectivity index (χ3v) is 4.12. The molecule has 20 heavy (non-hydrogen) atoms. The second-order valence-corrected chi connectivity index (χ2v) is 5.51. The van der Waals surface area contributed by atoms with Crippen molar-refractivity contribution in [2.75, 3.05) is 20.1 Å². The Morgan fingerprint density at radius 3 is 2.70 bits per heavy atom. The molecule has 2 N–H and O–H groups in total. The second-order valence-electron chi connectivity index (χ2n) is 4.51. The van der Waals surface area contributed by atoms with Gasteiger partial charge < -0.3 is 10.6 Å². The van der Waals surface area contributed by atoms with E-state index in [0.29, 0.717) is 11.4 Å². The normalized spacial score (nSPS) is 10.5. The number of hydrogen-bond acceptors (Lipinski definition) is 4. The predicted molar refractivity (Wildman–Crippen MR) is 83.2 cm³/mol. The van der Waals surface area contributed by atoms with Gasteiger partial charge in [-0.3, -0.25) is 4.79 Å². The van der Waals surface area contributed by atoms with Crippen LogP contribution < -0.4 is 10.6 Å². The lowest BCUT2D eigenvalue weighted by molar-refractivity contribution is 0.0956. The van der Waals surface area contributed by atoms with E-state index < -0.39 is 0 Å². The predicted octanol–water partition coefficient (Wildman–Crippen LogP) is 2.46. The first-order valence-corrected chi connectivity index (χ1v) is 7.49. The molecule has 0 fully saturated rings. The summed E-state index contributed by atoms with van der Waals surface area (Å²) in [7, 11) is 1.90. The largest absolute Gasteiger partial charge is 0.351 e. The molecule has 0 bridgehead atoms. The fraction of sp³-hybridized carbons (Fsp3) is 0.333. The van der Waals surface area contributed by atoms with Crippen molar-refractivity contribution in [3.05, 3.63) is 40.9 Å². The Bertz CT molecular complexity index is 566. The summed E-state index contributed by atoms with van der Waals surface area (Å²) in [4.78, 5) is 17.3. The summed E-state index contributed by atoms with van der Waals surface area (Å²) in [6.45, 7) is 3.46. The van der Waals surface area contributed by atoms with Crippen molar-refractivity contribution in [2.45, 2.75) is 13.3 Å². The van der Waals surface area contributed by atoms with E-state index in [1.54, 1.807) is 0 Å². The molecule has 0 spiro atoms. The Kier molecular flexibility index (Phi) is 5.26. The maximum Gasteiger partial charge on any atom is 0.263 e. The Morgan fingerprint density at radius 1 is 1.25 bits per heavy atom. The van der Waals surface area contributed by atoms with Gasteiger partial charge in [0.15, 0.2) is 0 Å². The molecule has 0 atom stereocenters. The summed E-state index contributed by atoms with van der Waals surface area (Å²) in [5.41, 5.74) is 1.84. The number of amides is 1. The molecule has 1 amide bonds. The zero-order chi connectivity index (χ0) is 14.4. The molecule has 1 aromatic heterocycles. The van der Waals surface area contributed by atoms with Crippen LogP contribution in [0.15, 0.2) is 30.3 Å². The average molecular weight is 289 g/mol. The van der Waals surface area contributed by atoms with Crippen LogP contribution in [0.3, 0.4) is 0 Å². The van der Waals surface area contributed by atoms with Gasteiger partial charge in [-0.15, -0.1) is 11.3 Å². The number of nitrogens with zero attached hydrogens (tertiary/aromatic N) is 1. The van der Waals surface area contributed by atoms with Gasteiger partial charge in [-0.25, -0.2) is 4.98 Å². The van der Waals surface area contributed by atoms with E-state index in [1.807, 2.05) is 44.3 Å². The van der Waals surface area contributed by atoms with Crippen molar-refractivity contribution < 1.29 is 4.79 Å². The van der Waals surface area contributed by atoms with Crippen LogP contribution in [-0.2, 0) is 0 Å². The van der Waals surface area contributed by atoms with Crippen molar-refractivity contribution in [2.24, 2.45) is 0 Å². The quantitative estimate of drug-likeness (QED) is 0.803. The number of carbonyl (C=O) groups excluding carboxylic acids is 1. The zero-order valence-corrected chi connectivity index (χ0v) is 12.6. The van der Waals surface area contributed by atoms with Gasteiger partial charge in [-0.2, -0.15) is 0 Å². The molecule has 0 saturated heterocycles. The van der Waals surface area contributed by atoms with Crippen LogP contribution >= 0.6 is 11.3 Å². The van der Waals surface area contributed by atoms with E-state index in [9.17, 15) is 4.79 Å². The van der Waals surface area contributed by atoms with Gasteiger partial charge in [-0.1, -0.05) is 30.3 Å². The molecule has 5 heteroatoms. The number of aryl methyl sites for hydroxylation is 1. The average Bonchev–Trinajstić information content (AvgIpc) is 2.86. The number of rotatable bonds is 6. The summed E-state index contributed by atoms with van der Waals surface area (Å²) in [5, 5.41) is 6.88. The number of aromatic nitrogens is 1. The highest BCUT2D eigenvalue weighted by Crippen LogP contribution is 2.27. The molecule has 0 unspecified atom stereocenters. The van der Waals surface area contributed by atoms with Gasteiger partial charge in [0.25, 0.3) is 5.91 Å². The first kappa shape index (κ1) is 14.7. The van der Waals surface area contributed by atoms with Gasteiger partial charge in [0.05, 0.1) is 5.69 Å². The van der Waals surface area contributed by atoms with Crippen LogP contribution in [0, 0.1) is 6.92 Å². The molecule has 4 nitrogen and oxygen atoms in total. The molecule has 0 aliphatic rings. The van der Waals surface area contributed by atoms with Crippen molar-refractivity contribution in [3.63, 3.8) is 0 Å². The summed E-state index contributed by atoms with van der Waals surface area (Å²) in [5.74, 6) is -0.0294. The smallest absolute Gasteiger partial charge is 0.263 e. The summed E-state index contributed by atoms with van der Waals surface area (Å²) >= 11 is 1.45. The highest BCUT2D eigenvalue weighted by atomic mass is 32.1. The lowest BCUT2D eigenvalue weighted by Gasteiger charge is -2.03. The molecule has 0 aliphatic carbocycles. The Labute approximate surface area is 123 Å². The molecule has 2 aromatic rings. The Morgan fingerprint density at radius 2 is 2.00 bits per heavy atom. The third-order valence-electron chi connectivity index (χ3n) is 2.91. The summed E-state index contributed by atoms with van der Waals surface area (Å²) < 4.78 is 0. The van der Waals surface area contributed by atoms with Gasteiger partial charge in [-0.05, 0) is 26.9 Å². The van der Waals surface area contributed by atoms with E-state index in [2.05, 4.69) is 15.6 Å². The highest BCUT2D eigenvalue weighted by molar-refractivity contribution is 7.17. The van der Waals surface area contributed by atoms with Crippen molar-refractivity contribution in [1.29, 1.82) is 0 Å². The van der Waals surface area contributed by atoms with E-state index in [0.717, 1.165) is 29.2 Å². The molecule has 2 rings (SSSR count). The fourth-order valence-corrected chi connectivity index (χ4v) is 2.85. The zero-order valence-electron chi connectivity index (χ0n) is 11.8. The molecule has 0 saturated carbocycles. The highest BCUT2D eigenvalue weighted by Gasteiger charge is 2.15. The van der Waals surface area contributed by atoms with Crippen LogP contribution in [0.2, 0.25) is 0 Å². The molecule has 106 valence electrons. The maximum atomic E-state index is 12.1. The molecule has 0 radical (unpaired) electrons. The van der Waals surface area contributed by atoms with E-state index in [4.69, 9.17) is 0 Å². The van der Waals surface area contributed by atoms with Crippen LogP contribution in [0.5, 0.6) is 0 Å². The van der Waals surface area contributed by atoms with Crippen LogP contribution in [0.4, 0.5) is 0 Å². The molecular weight excluding hydrogens is 270 g/mol. The van der Waals surface area contributed by atoms with E-state index in [-0.39, 0.29) is 5.91 Å². The van der Waals surface area contributed by atoms with E-state index >= 15 is 0 Å². The SMILES string of the molecule is CNCCCNC(=O)c1sc(-c2ccccc2)nc1C. The van der Waals surface area contributed by atoms with Gasteiger partial charge >= 0.3 is 0 Å². The molecule has 1 heterocycles. The van der Waals surface area contributed by atoms with Crippen molar-refractivity contribution >= 4 is 17.2 Å². The van der Waals surface area contributed by atoms with Gasteiger partial charge in [0.2, 0.25) is 0 Å². The van der Waals surface area contributed by atoms with Crippen molar-refractivity contribution in [3.8, 4) is 10.6 Å². The van der Waals surface area contributed by atoms with Gasteiger partial charge in [0.1, 0.15) is 9.88 Å². The first-order valence-electron chi connectivity index (χ1n) is 6.68. The minimum absolute atomic E-state index is 0.0294. The minimum atomic E-state index is -0.0294. The summed E-state index contributed by atoms with van der Waals surface area (Å²) in [6, 6.07) is 9.94. The Balaban J connectivity index is 2.06. The number of hydrogen-bond donors (Lipinski definition) is 2. The lowest BCUT2D eigenvalue weighted by atomic mass is 10.2. The molecule has 1 aromatic carbocycles. The van der Waals surface area contributed by atoms with Crippen molar-refractivity contribution in [1.82, 2.24) is 15.6 Å². The number of thiazole rings is 1. The third kappa shape index (κ3) is 3.65. The minimum Gasteiger partial charge on any atom is -0.351 e. The van der Waals surface area contributed by atoms with Crippen LogP contribution in [0.1, 0.15) is 21.8 Å². The van der Waals surface area contributed by atoms with Crippen LogP contribution in [-0.4, -0.2) is 31.0 Å². The second kappa shape index (κ2) is 7.17. The monoisotopic (exact) mass is 289 g/mol. The maximum absolute atomic E-state index is 12.1. The Hall–Kier alpha value is -1.72. The van der Waals surface area contributed by atoms with Gasteiger partial charge in [0, 0.05) is 12.1 Å². The number of nitrogens with one attached hydrogen (secondary N) is 2. The fourth-order valence-electron chi connectivity index (χ4n) is 1.86. The lowest BCUT2D eigenvalue weighted by Crippen LogP contribution is -2.26. The molecular formula is C15H19N3OS. The number of carbonyl (C=O) groups is 1. The topological polar surface area (TPSA) is 54.0 Å². The van der Waals surface area contributed by atoms with E-state index in [1.165, 1.54) is 11.3 Å². The molecule has 0 aliphatic heterocycles.